The molecule has 0 amide bonds. The quantitative estimate of drug-likeness (QED) is 0.150. The lowest BCUT2D eigenvalue weighted by Gasteiger charge is -2.35. The standard InChI is InChI=1S/C68H46N2/c1-6-22-47(23-7-1)67(48-24-8-2-9-25-48)61-35-19-16-32-55(61)58-41-39-53(44-64(58)67)70(51-30-14-5-15-31-51)54-40-43-60-57-34-18-21-37-63(57)68(66(60)46-54)62-36-20-17-33-56(62)59-42-38-52(45-65(59)68)69(49-26-10-3-11-27-49)50-28-12-4-13-29-50/h1-46H/i3D,10D,11D,26D,27D. The van der Waals surface area contributed by atoms with Gasteiger partial charge < -0.3 is 9.80 Å². The Labute approximate surface area is 416 Å². The molecular weight excluding hydrogens is 845 g/mol. The zero-order valence-electron chi connectivity index (χ0n) is 43.1. The SMILES string of the molecule is [2H]c1c([2H])c([2H])c(N(c2ccccc2)c2ccc3c(c2)C2(c4ccccc4-c4ccc(N(c5ccccc5)c5ccc6c(c5)C(c5ccccc5)(c5ccccc5)c5ccccc5-6)cc42)c2ccccc2-3)c([2H])c1[2H]. The lowest BCUT2D eigenvalue weighted by molar-refractivity contribution is 0.768. The van der Waals surface area contributed by atoms with Crippen LogP contribution in [0.2, 0.25) is 0 Å². The lowest BCUT2D eigenvalue weighted by atomic mass is 9.67. The average molecular weight is 896 g/mol. The van der Waals surface area contributed by atoms with E-state index in [0.29, 0.717) is 11.4 Å². The number of fused-ring (bicyclic) bond motifs is 13. The van der Waals surface area contributed by atoms with Crippen molar-refractivity contribution in [1.29, 1.82) is 0 Å². The zero-order valence-corrected chi connectivity index (χ0v) is 38.1. The molecule has 328 valence electrons. The lowest BCUT2D eigenvalue weighted by Crippen LogP contribution is -2.28. The van der Waals surface area contributed by atoms with E-state index < -0.39 is 16.9 Å². The number of anilines is 6. The van der Waals surface area contributed by atoms with E-state index in [0.717, 1.165) is 61.6 Å². The van der Waals surface area contributed by atoms with Crippen molar-refractivity contribution >= 4 is 34.1 Å². The fraction of sp³-hybridized carbons (Fsp3) is 0.0294. The van der Waals surface area contributed by atoms with Crippen LogP contribution in [0.1, 0.15) is 51.4 Å². The molecule has 2 nitrogen and oxygen atoms in total. The predicted molar refractivity (Wildman–Crippen MR) is 289 cm³/mol. The second-order valence-electron chi connectivity index (χ2n) is 18.4. The first-order chi connectivity index (χ1) is 36.8. The third-order valence-electron chi connectivity index (χ3n) is 15.0. The minimum absolute atomic E-state index is 0.0886. The Morgan fingerprint density at radius 3 is 0.971 bits per heavy atom. The highest BCUT2D eigenvalue weighted by Crippen LogP contribution is 2.64. The van der Waals surface area contributed by atoms with Gasteiger partial charge in [-0.1, -0.05) is 206 Å². The Hall–Kier alpha value is -8.98. The van der Waals surface area contributed by atoms with Crippen LogP contribution in [0, 0.1) is 0 Å². The van der Waals surface area contributed by atoms with Gasteiger partial charge >= 0.3 is 0 Å². The Balaban J connectivity index is 1.02. The summed E-state index contributed by atoms with van der Waals surface area (Å²) in [6.07, 6.45) is 0. The van der Waals surface area contributed by atoms with Gasteiger partial charge in [0.15, 0.2) is 0 Å². The van der Waals surface area contributed by atoms with Crippen molar-refractivity contribution in [2.24, 2.45) is 0 Å². The van der Waals surface area contributed by atoms with Crippen molar-refractivity contribution < 1.29 is 6.85 Å². The molecule has 0 heterocycles. The molecular formula is C68H46N2. The number of nitrogens with zero attached hydrogens (tertiary/aromatic N) is 2. The zero-order chi connectivity index (χ0) is 50.6. The van der Waals surface area contributed by atoms with Gasteiger partial charge in [-0.05, 0) is 151 Å². The molecule has 2 heteroatoms. The molecule has 3 aliphatic rings. The molecule has 0 saturated carbocycles. The number of para-hydroxylation sites is 3. The molecule has 3 aliphatic carbocycles. The minimum Gasteiger partial charge on any atom is -0.310 e. The van der Waals surface area contributed by atoms with Crippen LogP contribution in [0.3, 0.4) is 0 Å². The average Bonchev–Trinajstić information content (AvgIpc) is 4.27. The Morgan fingerprint density at radius 2 is 0.557 bits per heavy atom. The van der Waals surface area contributed by atoms with Gasteiger partial charge in [0, 0.05) is 34.1 Å². The fourth-order valence-corrected chi connectivity index (χ4v) is 12.3. The molecule has 0 bridgehead atoms. The molecule has 0 N–H and O–H groups in total. The molecule has 11 aromatic carbocycles. The van der Waals surface area contributed by atoms with Crippen molar-refractivity contribution in [1.82, 2.24) is 0 Å². The molecule has 11 aromatic rings. The van der Waals surface area contributed by atoms with Gasteiger partial charge in [0.05, 0.1) is 17.7 Å². The summed E-state index contributed by atoms with van der Waals surface area (Å²) >= 11 is 0. The maximum Gasteiger partial charge on any atom is 0.0727 e. The first-order valence-corrected chi connectivity index (χ1v) is 23.9. The van der Waals surface area contributed by atoms with E-state index in [1.165, 1.54) is 33.4 Å². The Morgan fingerprint density at radius 1 is 0.243 bits per heavy atom. The van der Waals surface area contributed by atoms with Gasteiger partial charge in [-0.2, -0.15) is 0 Å². The van der Waals surface area contributed by atoms with Crippen LogP contribution in [0.5, 0.6) is 0 Å². The highest BCUT2D eigenvalue weighted by molar-refractivity contribution is 5.98. The summed E-state index contributed by atoms with van der Waals surface area (Å²) in [6.45, 7) is 0. The molecule has 1 atom stereocenters. The summed E-state index contributed by atoms with van der Waals surface area (Å²) in [5.41, 5.74) is 19.4. The number of hydrogen-bond acceptors (Lipinski definition) is 2. The molecule has 0 aromatic heterocycles. The Bertz CT molecular complexity index is 4010. The summed E-state index contributed by atoms with van der Waals surface area (Å²) in [4.78, 5) is 4.22. The van der Waals surface area contributed by atoms with E-state index in [2.05, 4.69) is 217 Å². The van der Waals surface area contributed by atoms with Gasteiger partial charge in [0.25, 0.3) is 0 Å². The van der Waals surface area contributed by atoms with Gasteiger partial charge in [-0.25, -0.2) is 0 Å². The molecule has 1 unspecified atom stereocenters. The van der Waals surface area contributed by atoms with Crippen molar-refractivity contribution in [3.05, 3.63) is 323 Å². The van der Waals surface area contributed by atoms with Crippen LogP contribution in [-0.4, -0.2) is 0 Å². The summed E-state index contributed by atoms with van der Waals surface area (Å²) < 4.78 is 44.5. The molecule has 0 aliphatic heterocycles. The highest BCUT2D eigenvalue weighted by atomic mass is 15.1. The van der Waals surface area contributed by atoms with E-state index in [4.69, 9.17) is 4.11 Å². The van der Waals surface area contributed by atoms with Gasteiger partial charge in [-0.3, -0.25) is 0 Å². The van der Waals surface area contributed by atoms with Crippen LogP contribution in [0.4, 0.5) is 34.1 Å². The smallest absolute Gasteiger partial charge is 0.0727 e. The van der Waals surface area contributed by atoms with Crippen LogP contribution in [0.15, 0.2) is 279 Å². The van der Waals surface area contributed by atoms with Crippen LogP contribution in [0.25, 0.3) is 33.4 Å². The maximum atomic E-state index is 9.25. The van der Waals surface area contributed by atoms with Gasteiger partial charge in [0.2, 0.25) is 0 Å². The first kappa shape index (κ1) is 35.2. The predicted octanol–water partition coefficient (Wildman–Crippen LogP) is 17.3. The van der Waals surface area contributed by atoms with E-state index in [9.17, 15) is 2.74 Å². The summed E-state index contributed by atoms with van der Waals surface area (Å²) in [5.74, 6) is 0. The number of benzene rings is 11. The number of rotatable bonds is 8. The monoisotopic (exact) mass is 895 g/mol. The normalized spacial score (nSPS) is 16.0. The van der Waals surface area contributed by atoms with Crippen LogP contribution in [-0.2, 0) is 10.8 Å². The van der Waals surface area contributed by atoms with E-state index >= 15 is 0 Å². The third kappa shape index (κ3) is 5.68. The summed E-state index contributed by atoms with van der Waals surface area (Å²) in [6, 6.07) is 87.0. The topological polar surface area (TPSA) is 6.48 Å². The highest BCUT2D eigenvalue weighted by Gasteiger charge is 2.52. The van der Waals surface area contributed by atoms with E-state index in [1.807, 2.05) is 41.3 Å². The van der Waals surface area contributed by atoms with Crippen molar-refractivity contribution in [3.63, 3.8) is 0 Å². The fourth-order valence-electron chi connectivity index (χ4n) is 12.3. The number of hydrogen-bond donors (Lipinski definition) is 0. The second-order valence-corrected chi connectivity index (χ2v) is 18.4. The molecule has 70 heavy (non-hydrogen) atoms. The van der Waals surface area contributed by atoms with Crippen LogP contribution >= 0.6 is 0 Å². The van der Waals surface area contributed by atoms with Gasteiger partial charge in [0.1, 0.15) is 0 Å². The molecule has 1 spiro atoms. The molecule has 0 radical (unpaired) electrons. The second kappa shape index (κ2) is 15.8. The van der Waals surface area contributed by atoms with Crippen molar-refractivity contribution in [2.75, 3.05) is 9.80 Å². The first-order valence-electron chi connectivity index (χ1n) is 26.4. The van der Waals surface area contributed by atoms with E-state index in [1.54, 1.807) is 0 Å². The summed E-state index contributed by atoms with van der Waals surface area (Å²) in [7, 11) is 0. The minimum atomic E-state index is -0.802. The van der Waals surface area contributed by atoms with Crippen molar-refractivity contribution in [3.8, 4) is 33.4 Å². The third-order valence-corrected chi connectivity index (χ3v) is 15.0. The summed E-state index contributed by atoms with van der Waals surface area (Å²) in [5, 5.41) is 0. The molecule has 0 fully saturated rings. The van der Waals surface area contributed by atoms with Crippen molar-refractivity contribution in [2.45, 2.75) is 10.8 Å². The van der Waals surface area contributed by atoms with E-state index in [-0.39, 0.29) is 29.9 Å². The largest absolute Gasteiger partial charge is 0.310 e. The molecule has 0 saturated heterocycles. The Kier molecular flexibility index (Phi) is 7.95. The van der Waals surface area contributed by atoms with Gasteiger partial charge in [-0.15, -0.1) is 0 Å². The van der Waals surface area contributed by atoms with Crippen LogP contribution < -0.4 is 9.80 Å². The molecule has 14 rings (SSSR count). The maximum absolute atomic E-state index is 9.25.